The maximum absolute atomic E-state index is 6.30. The molecule has 0 aromatic carbocycles. The van der Waals surface area contributed by atoms with Crippen molar-refractivity contribution in [2.24, 2.45) is 5.73 Å². The largest absolute Gasteiger partial charge is 0.379 e. The summed E-state index contributed by atoms with van der Waals surface area (Å²) in [6.07, 6.45) is 2.35. The molecule has 0 aromatic heterocycles. The van der Waals surface area contributed by atoms with Gasteiger partial charge in [-0.15, -0.1) is 0 Å². The minimum absolute atomic E-state index is 0.128. The van der Waals surface area contributed by atoms with Gasteiger partial charge in [-0.2, -0.15) is 11.8 Å². The molecule has 2 rings (SSSR count). The molecule has 2 saturated heterocycles. The van der Waals surface area contributed by atoms with Crippen molar-refractivity contribution in [2.45, 2.75) is 18.4 Å². The van der Waals surface area contributed by atoms with Crippen molar-refractivity contribution in [2.75, 3.05) is 44.4 Å². The zero-order chi connectivity index (χ0) is 9.86. The molecule has 2 heterocycles. The fourth-order valence-corrected chi connectivity index (χ4v) is 3.42. The van der Waals surface area contributed by atoms with Gasteiger partial charge in [-0.1, -0.05) is 0 Å². The lowest BCUT2D eigenvalue weighted by atomic mass is 9.96. The Bertz CT molecular complexity index is 177. The molecule has 0 aliphatic carbocycles. The average Bonchev–Trinajstić information content (AvgIpc) is 2.65. The Morgan fingerprint density at radius 3 is 2.79 bits per heavy atom. The standard InChI is InChI=1S/C10H20N2OS/c11-10(2-8-14-9-10)1-3-12-4-6-13-7-5-12/h1-9,11H2. The molecule has 0 amide bonds. The third-order valence-corrected chi connectivity index (χ3v) is 4.44. The molecule has 0 aromatic rings. The third kappa shape index (κ3) is 2.86. The maximum atomic E-state index is 6.30. The highest BCUT2D eigenvalue weighted by atomic mass is 32.2. The summed E-state index contributed by atoms with van der Waals surface area (Å²) in [6, 6.07) is 0. The van der Waals surface area contributed by atoms with Crippen LogP contribution >= 0.6 is 11.8 Å². The Hall–Kier alpha value is 0.230. The Kier molecular flexibility index (Phi) is 3.71. The maximum Gasteiger partial charge on any atom is 0.0594 e. The fraction of sp³-hybridized carbons (Fsp3) is 1.00. The summed E-state index contributed by atoms with van der Waals surface area (Å²) >= 11 is 2.00. The first-order valence-corrected chi connectivity index (χ1v) is 6.61. The van der Waals surface area contributed by atoms with Crippen molar-refractivity contribution < 1.29 is 4.74 Å². The number of hydrogen-bond donors (Lipinski definition) is 1. The van der Waals surface area contributed by atoms with E-state index in [4.69, 9.17) is 10.5 Å². The van der Waals surface area contributed by atoms with E-state index >= 15 is 0 Å². The quantitative estimate of drug-likeness (QED) is 0.747. The first-order chi connectivity index (χ1) is 6.79. The predicted octanol–water partition coefficient (Wildman–Crippen LogP) is 0.543. The average molecular weight is 216 g/mol. The van der Waals surface area contributed by atoms with Crippen LogP contribution in [-0.4, -0.2) is 54.8 Å². The molecule has 0 bridgehead atoms. The third-order valence-electron chi connectivity index (χ3n) is 3.16. The van der Waals surface area contributed by atoms with E-state index in [2.05, 4.69) is 4.90 Å². The Balaban J connectivity index is 1.70. The van der Waals surface area contributed by atoms with E-state index in [1.807, 2.05) is 11.8 Å². The highest BCUT2D eigenvalue weighted by Gasteiger charge is 2.30. The van der Waals surface area contributed by atoms with Crippen molar-refractivity contribution in [1.82, 2.24) is 4.90 Å². The lowest BCUT2D eigenvalue weighted by Crippen LogP contribution is -2.45. The van der Waals surface area contributed by atoms with Gasteiger partial charge in [0.05, 0.1) is 13.2 Å². The van der Waals surface area contributed by atoms with E-state index in [1.54, 1.807) is 0 Å². The molecule has 14 heavy (non-hydrogen) atoms. The number of thioether (sulfide) groups is 1. The van der Waals surface area contributed by atoms with Gasteiger partial charge in [-0.3, -0.25) is 4.90 Å². The molecule has 2 aliphatic rings. The van der Waals surface area contributed by atoms with Gasteiger partial charge in [0.1, 0.15) is 0 Å². The number of ether oxygens (including phenoxy) is 1. The summed E-state index contributed by atoms with van der Waals surface area (Å²) in [7, 11) is 0. The fourth-order valence-electron chi connectivity index (χ4n) is 2.03. The lowest BCUT2D eigenvalue weighted by molar-refractivity contribution is 0.0350. The van der Waals surface area contributed by atoms with Gasteiger partial charge < -0.3 is 10.5 Å². The lowest BCUT2D eigenvalue weighted by Gasteiger charge is -2.30. The molecule has 0 saturated carbocycles. The van der Waals surface area contributed by atoms with E-state index in [9.17, 15) is 0 Å². The number of morpholine rings is 1. The van der Waals surface area contributed by atoms with Crippen molar-refractivity contribution >= 4 is 11.8 Å². The molecule has 1 atom stereocenters. The Morgan fingerprint density at radius 2 is 2.14 bits per heavy atom. The van der Waals surface area contributed by atoms with E-state index in [1.165, 1.54) is 12.2 Å². The van der Waals surface area contributed by atoms with Gasteiger partial charge in [-0.05, 0) is 18.6 Å². The summed E-state index contributed by atoms with van der Waals surface area (Å²) in [5.74, 6) is 2.40. The van der Waals surface area contributed by atoms with Gasteiger partial charge in [-0.25, -0.2) is 0 Å². The van der Waals surface area contributed by atoms with Crippen LogP contribution in [0.1, 0.15) is 12.8 Å². The molecular formula is C10H20N2OS. The summed E-state index contributed by atoms with van der Waals surface area (Å²) in [5, 5.41) is 0. The van der Waals surface area contributed by atoms with Crippen LogP contribution in [0.3, 0.4) is 0 Å². The monoisotopic (exact) mass is 216 g/mol. The van der Waals surface area contributed by atoms with Crippen LogP contribution in [-0.2, 0) is 4.74 Å². The number of hydrogen-bond acceptors (Lipinski definition) is 4. The van der Waals surface area contributed by atoms with Crippen molar-refractivity contribution in [3.8, 4) is 0 Å². The summed E-state index contributed by atoms with van der Waals surface area (Å²) in [5.41, 5.74) is 6.43. The molecule has 2 aliphatic heterocycles. The van der Waals surface area contributed by atoms with Crippen LogP contribution in [0, 0.1) is 0 Å². The van der Waals surface area contributed by atoms with Gasteiger partial charge in [0.25, 0.3) is 0 Å². The molecule has 1 unspecified atom stereocenters. The molecule has 0 radical (unpaired) electrons. The highest BCUT2D eigenvalue weighted by molar-refractivity contribution is 7.99. The first-order valence-electron chi connectivity index (χ1n) is 5.45. The van der Waals surface area contributed by atoms with E-state index in [-0.39, 0.29) is 5.54 Å². The van der Waals surface area contributed by atoms with Crippen LogP contribution in [0.4, 0.5) is 0 Å². The molecule has 4 heteroatoms. The Morgan fingerprint density at radius 1 is 1.36 bits per heavy atom. The number of nitrogens with zero attached hydrogens (tertiary/aromatic N) is 1. The minimum atomic E-state index is 0.128. The van der Waals surface area contributed by atoms with E-state index in [0.29, 0.717) is 0 Å². The van der Waals surface area contributed by atoms with Crippen LogP contribution < -0.4 is 5.73 Å². The SMILES string of the molecule is NC1(CCN2CCOCC2)CCSC1. The van der Waals surface area contributed by atoms with Gasteiger partial charge in [0.2, 0.25) is 0 Å². The van der Waals surface area contributed by atoms with Crippen LogP contribution in [0.5, 0.6) is 0 Å². The van der Waals surface area contributed by atoms with Gasteiger partial charge in [0.15, 0.2) is 0 Å². The van der Waals surface area contributed by atoms with E-state index in [0.717, 1.165) is 45.0 Å². The minimum Gasteiger partial charge on any atom is -0.379 e. The van der Waals surface area contributed by atoms with Gasteiger partial charge >= 0.3 is 0 Å². The second-order valence-corrected chi connectivity index (χ2v) is 5.47. The first kappa shape index (κ1) is 10.7. The topological polar surface area (TPSA) is 38.5 Å². The number of rotatable bonds is 3. The summed E-state index contributed by atoms with van der Waals surface area (Å²) in [6.45, 7) is 5.12. The Labute approximate surface area is 90.3 Å². The smallest absolute Gasteiger partial charge is 0.0594 e. The predicted molar refractivity (Wildman–Crippen MR) is 60.7 cm³/mol. The molecule has 3 nitrogen and oxygen atoms in total. The molecule has 2 N–H and O–H groups in total. The molecule has 2 fully saturated rings. The van der Waals surface area contributed by atoms with Crippen molar-refractivity contribution in [3.63, 3.8) is 0 Å². The molecule has 82 valence electrons. The van der Waals surface area contributed by atoms with Crippen LogP contribution in [0.15, 0.2) is 0 Å². The summed E-state index contributed by atoms with van der Waals surface area (Å²) < 4.78 is 5.32. The van der Waals surface area contributed by atoms with Crippen molar-refractivity contribution in [3.05, 3.63) is 0 Å². The van der Waals surface area contributed by atoms with Crippen LogP contribution in [0.25, 0.3) is 0 Å². The molecule has 0 spiro atoms. The zero-order valence-corrected chi connectivity index (χ0v) is 9.52. The zero-order valence-electron chi connectivity index (χ0n) is 8.71. The van der Waals surface area contributed by atoms with Gasteiger partial charge in [0, 0.05) is 30.9 Å². The summed E-state index contributed by atoms with van der Waals surface area (Å²) in [4.78, 5) is 2.47. The second kappa shape index (κ2) is 4.84. The van der Waals surface area contributed by atoms with Crippen LogP contribution in [0.2, 0.25) is 0 Å². The highest BCUT2D eigenvalue weighted by Crippen LogP contribution is 2.28. The van der Waals surface area contributed by atoms with Crippen molar-refractivity contribution in [1.29, 1.82) is 0 Å². The number of nitrogens with two attached hydrogens (primary N) is 1. The normalized spacial score (nSPS) is 34.9. The van der Waals surface area contributed by atoms with E-state index < -0.39 is 0 Å². The second-order valence-electron chi connectivity index (χ2n) is 4.37. The molecular weight excluding hydrogens is 196 g/mol.